The van der Waals surface area contributed by atoms with Gasteiger partial charge in [-0.15, -0.1) is 0 Å². The predicted octanol–water partition coefficient (Wildman–Crippen LogP) is 2.71. The van der Waals surface area contributed by atoms with E-state index in [1.54, 1.807) is 12.1 Å². The minimum absolute atomic E-state index is 0.176. The molecule has 2 N–H and O–H groups in total. The number of rotatable bonds is 9. The van der Waals surface area contributed by atoms with Crippen LogP contribution in [0, 0.1) is 0 Å². The van der Waals surface area contributed by atoms with Crippen molar-refractivity contribution in [3.05, 3.63) is 28.7 Å². The zero-order valence-corrected chi connectivity index (χ0v) is 14.8. The minimum atomic E-state index is -1.15. The van der Waals surface area contributed by atoms with E-state index in [1.807, 2.05) is 19.1 Å². The molecule has 0 saturated carbocycles. The van der Waals surface area contributed by atoms with E-state index in [2.05, 4.69) is 21.2 Å². The SMILES string of the molecule is CCCC(NC(=O)CCCS(=O)c1ccc(Br)cc1)C(=O)O. The normalized spacial score (nSPS) is 13.4. The second-order valence-electron chi connectivity index (χ2n) is 4.85. The molecule has 0 bridgehead atoms. The molecule has 2 atom stereocenters. The van der Waals surface area contributed by atoms with E-state index in [9.17, 15) is 13.8 Å². The summed E-state index contributed by atoms with van der Waals surface area (Å²) in [6.45, 7) is 1.86. The third kappa shape index (κ3) is 6.70. The summed E-state index contributed by atoms with van der Waals surface area (Å²) in [6.07, 6.45) is 1.72. The molecule has 1 amide bonds. The first-order chi connectivity index (χ1) is 10.4. The van der Waals surface area contributed by atoms with Gasteiger partial charge in [0.1, 0.15) is 6.04 Å². The highest BCUT2D eigenvalue weighted by Crippen LogP contribution is 2.14. The van der Waals surface area contributed by atoms with Gasteiger partial charge in [-0.2, -0.15) is 0 Å². The minimum Gasteiger partial charge on any atom is -0.480 e. The van der Waals surface area contributed by atoms with Gasteiger partial charge in [-0.3, -0.25) is 9.00 Å². The maximum Gasteiger partial charge on any atom is 0.326 e. The van der Waals surface area contributed by atoms with Crippen LogP contribution in [-0.2, 0) is 20.4 Å². The number of benzene rings is 1. The summed E-state index contributed by atoms with van der Waals surface area (Å²) in [4.78, 5) is 23.4. The number of hydrogen-bond donors (Lipinski definition) is 2. The highest BCUT2D eigenvalue weighted by atomic mass is 79.9. The lowest BCUT2D eigenvalue weighted by molar-refractivity contribution is -0.142. The third-order valence-electron chi connectivity index (χ3n) is 3.02. The van der Waals surface area contributed by atoms with E-state index >= 15 is 0 Å². The van der Waals surface area contributed by atoms with Crippen LogP contribution in [0.25, 0.3) is 0 Å². The Hall–Kier alpha value is -1.21. The summed E-state index contributed by atoms with van der Waals surface area (Å²) >= 11 is 3.31. The molecule has 1 aromatic rings. The second-order valence-corrected chi connectivity index (χ2v) is 7.34. The number of carbonyl (C=O) groups excluding carboxylic acids is 1. The quantitative estimate of drug-likeness (QED) is 0.679. The molecule has 0 heterocycles. The van der Waals surface area contributed by atoms with E-state index in [-0.39, 0.29) is 12.3 Å². The summed E-state index contributed by atoms with van der Waals surface area (Å²) in [5, 5.41) is 11.5. The van der Waals surface area contributed by atoms with Crippen molar-refractivity contribution in [2.45, 2.75) is 43.5 Å². The number of hydrogen-bond acceptors (Lipinski definition) is 3. The van der Waals surface area contributed by atoms with Crippen LogP contribution in [0.15, 0.2) is 33.6 Å². The van der Waals surface area contributed by atoms with E-state index in [0.717, 1.165) is 9.37 Å². The molecule has 0 saturated heterocycles. The van der Waals surface area contributed by atoms with Gasteiger partial charge in [0.05, 0.1) is 10.8 Å². The maximum absolute atomic E-state index is 12.0. The highest BCUT2D eigenvalue weighted by molar-refractivity contribution is 9.10. The van der Waals surface area contributed by atoms with E-state index < -0.39 is 22.8 Å². The van der Waals surface area contributed by atoms with Crippen LogP contribution in [0.1, 0.15) is 32.6 Å². The average molecular weight is 390 g/mol. The van der Waals surface area contributed by atoms with Crippen molar-refractivity contribution in [3.8, 4) is 0 Å². The number of halogens is 1. The number of carboxylic acids is 1. The van der Waals surface area contributed by atoms with Crippen molar-refractivity contribution >= 4 is 38.6 Å². The first-order valence-electron chi connectivity index (χ1n) is 7.10. The first-order valence-corrected chi connectivity index (χ1v) is 9.21. The molecule has 1 rings (SSSR count). The van der Waals surface area contributed by atoms with Gasteiger partial charge in [-0.05, 0) is 37.1 Å². The molecule has 0 aliphatic carbocycles. The van der Waals surface area contributed by atoms with E-state index in [4.69, 9.17) is 5.11 Å². The highest BCUT2D eigenvalue weighted by Gasteiger charge is 2.18. The lowest BCUT2D eigenvalue weighted by Gasteiger charge is -2.13. The van der Waals surface area contributed by atoms with Crippen LogP contribution in [0.5, 0.6) is 0 Å². The van der Waals surface area contributed by atoms with Crippen LogP contribution in [-0.4, -0.2) is 33.0 Å². The van der Waals surface area contributed by atoms with Crippen molar-refractivity contribution in [2.75, 3.05) is 5.75 Å². The van der Waals surface area contributed by atoms with Gasteiger partial charge in [0.15, 0.2) is 0 Å². The van der Waals surface area contributed by atoms with Crippen LogP contribution in [0.2, 0.25) is 0 Å². The molecular weight excluding hydrogens is 370 g/mol. The van der Waals surface area contributed by atoms with Crippen LogP contribution < -0.4 is 5.32 Å². The third-order valence-corrected chi connectivity index (χ3v) is 5.01. The molecule has 2 unspecified atom stereocenters. The monoisotopic (exact) mass is 389 g/mol. The number of nitrogens with one attached hydrogen (secondary N) is 1. The van der Waals surface area contributed by atoms with Gasteiger partial charge in [0.25, 0.3) is 0 Å². The summed E-state index contributed by atoms with van der Waals surface area (Å²) in [5.41, 5.74) is 0. The molecule has 5 nitrogen and oxygen atoms in total. The Bertz CT molecular complexity index is 533. The van der Waals surface area contributed by atoms with Crippen molar-refractivity contribution in [1.29, 1.82) is 0 Å². The summed E-state index contributed by atoms with van der Waals surface area (Å²) in [7, 11) is -1.15. The molecule has 0 spiro atoms. The molecular formula is C15H20BrNO4S. The van der Waals surface area contributed by atoms with Crippen LogP contribution >= 0.6 is 15.9 Å². The van der Waals surface area contributed by atoms with Gasteiger partial charge >= 0.3 is 5.97 Å². The molecule has 0 radical (unpaired) electrons. The van der Waals surface area contributed by atoms with Gasteiger partial charge in [0, 0.05) is 21.5 Å². The number of aliphatic carboxylic acids is 1. The summed E-state index contributed by atoms with van der Waals surface area (Å²) < 4.78 is 13.0. The molecule has 22 heavy (non-hydrogen) atoms. The Morgan fingerprint density at radius 3 is 2.50 bits per heavy atom. The van der Waals surface area contributed by atoms with Crippen LogP contribution in [0.3, 0.4) is 0 Å². The summed E-state index contributed by atoms with van der Waals surface area (Å²) in [6, 6.07) is 6.36. The Kier molecular flexibility index (Phi) is 8.34. The molecule has 0 fully saturated rings. The van der Waals surface area contributed by atoms with Gasteiger partial charge < -0.3 is 10.4 Å². The van der Waals surface area contributed by atoms with Gasteiger partial charge in [-0.25, -0.2) is 4.79 Å². The van der Waals surface area contributed by atoms with Crippen molar-refractivity contribution in [3.63, 3.8) is 0 Å². The Balaban J connectivity index is 2.36. The van der Waals surface area contributed by atoms with Gasteiger partial charge in [-0.1, -0.05) is 29.3 Å². The summed E-state index contributed by atoms with van der Waals surface area (Å²) in [5.74, 6) is -0.956. The van der Waals surface area contributed by atoms with Crippen molar-refractivity contribution in [2.24, 2.45) is 0 Å². The first kappa shape index (κ1) is 18.8. The maximum atomic E-state index is 12.0. The Morgan fingerprint density at radius 2 is 1.95 bits per heavy atom. The molecule has 7 heteroatoms. The zero-order valence-electron chi connectivity index (χ0n) is 12.4. The van der Waals surface area contributed by atoms with Gasteiger partial charge in [0.2, 0.25) is 5.91 Å². The topological polar surface area (TPSA) is 83.5 Å². The lowest BCUT2D eigenvalue weighted by atomic mass is 10.1. The van der Waals surface area contributed by atoms with Crippen LogP contribution in [0.4, 0.5) is 0 Å². The fourth-order valence-corrected chi connectivity index (χ4v) is 3.23. The fourth-order valence-electron chi connectivity index (χ4n) is 1.88. The van der Waals surface area contributed by atoms with E-state index in [0.29, 0.717) is 25.0 Å². The van der Waals surface area contributed by atoms with E-state index in [1.165, 1.54) is 0 Å². The van der Waals surface area contributed by atoms with Crippen molar-refractivity contribution in [1.82, 2.24) is 5.32 Å². The second kappa shape index (κ2) is 9.74. The smallest absolute Gasteiger partial charge is 0.326 e. The molecule has 0 aromatic heterocycles. The zero-order chi connectivity index (χ0) is 16.5. The number of carbonyl (C=O) groups is 2. The molecule has 0 aliphatic heterocycles. The molecule has 1 aromatic carbocycles. The number of carboxylic acid groups (broad SMARTS) is 1. The molecule has 122 valence electrons. The Morgan fingerprint density at radius 1 is 1.32 bits per heavy atom. The largest absolute Gasteiger partial charge is 0.480 e. The fraction of sp³-hybridized carbons (Fsp3) is 0.467. The average Bonchev–Trinajstić information content (AvgIpc) is 2.47. The lowest BCUT2D eigenvalue weighted by Crippen LogP contribution is -2.40. The standard InChI is InChI=1S/C15H20BrNO4S/c1-2-4-13(15(19)20)17-14(18)5-3-10-22(21)12-8-6-11(16)7-9-12/h6-9,13H,2-5,10H2,1H3,(H,17,18)(H,19,20). The molecule has 0 aliphatic rings. The number of amides is 1. The Labute approximate surface area is 141 Å². The predicted molar refractivity (Wildman–Crippen MR) is 89.1 cm³/mol. The van der Waals surface area contributed by atoms with Crippen molar-refractivity contribution < 1.29 is 18.9 Å².